The van der Waals surface area contributed by atoms with Crippen molar-refractivity contribution in [3.8, 4) is 11.3 Å². The molecule has 1 aromatic heterocycles. The Balaban J connectivity index is 2.74. The highest BCUT2D eigenvalue weighted by atomic mass is 16.1. The van der Waals surface area contributed by atoms with Crippen molar-refractivity contribution in [2.45, 2.75) is 53.1 Å². The fraction of sp³-hybridized carbons (Fsp3) is 0.444. The maximum absolute atomic E-state index is 12.6. The first kappa shape index (κ1) is 16.4. The predicted molar refractivity (Wildman–Crippen MR) is 90.9 cm³/mol. The Kier molecular flexibility index (Phi) is 4.52. The smallest absolute Gasteiger partial charge is 0.271 e. The Hall–Kier alpha value is -1.94. The van der Waals surface area contributed by atoms with Gasteiger partial charge in [-0.3, -0.25) is 4.79 Å². The molecule has 118 valence electrons. The topological polar surface area (TPSA) is 60.9 Å². The molecule has 0 aliphatic carbocycles. The summed E-state index contributed by atoms with van der Waals surface area (Å²) in [5.41, 5.74) is 10.2. The lowest BCUT2D eigenvalue weighted by Crippen LogP contribution is -2.39. The van der Waals surface area contributed by atoms with Crippen molar-refractivity contribution in [1.29, 1.82) is 0 Å². The molecule has 0 spiro atoms. The number of rotatable bonds is 4. The third kappa shape index (κ3) is 3.28. The third-order valence-electron chi connectivity index (χ3n) is 3.77. The molecule has 0 unspecified atom stereocenters. The molecule has 4 nitrogen and oxygen atoms in total. The molecule has 2 N–H and O–H groups in total. The molecule has 2 rings (SSSR count). The van der Waals surface area contributed by atoms with Gasteiger partial charge in [0, 0.05) is 23.2 Å². The van der Waals surface area contributed by atoms with Crippen molar-refractivity contribution in [1.82, 2.24) is 9.78 Å². The zero-order chi connectivity index (χ0) is 16.5. The van der Waals surface area contributed by atoms with E-state index in [2.05, 4.69) is 37.1 Å². The predicted octanol–water partition coefficient (Wildman–Crippen LogP) is 3.13. The zero-order valence-corrected chi connectivity index (χ0v) is 14.1. The number of benzene rings is 1. The van der Waals surface area contributed by atoms with Crippen LogP contribution < -0.4 is 11.3 Å². The number of hydrogen-bond acceptors (Lipinski definition) is 3. The fourth-order valence-electron chi connectivity index (χ4n) is 2.51. The van der Waals surface area contributed by atoms with Gasteiger partial charge in [0.05, 0.1) is 5.69 Å². The number of nitrogens with zero attached hydrogens (tertiary/aromatic N) is 2. The first-order valence-corrected chi connectivity index (χ1v) is 7.73. The molecule has 1 aromatic carbocycles. The van der Waals surface area contributed by atoms with Crippen LogP contribution in [0.1, 0.15) is 43.9 Å². The molecule has 2 aromatic rings. The van der Waals surface area contributed by atoms with Crippen LogP contribution in [-0.4, -0.2) is 9.78 Å². The van der Waals surface area contributed by atoms with Gasteiger partial charge < -0.3 is 5.73 Å². The van der Waals surface area contributed by atoms with Gasteiger partial charge in [0.25, 0.3) is 5.56 Å². The van der Waals surface area contributed by atoms with Crippen molar-refractivity contribution in [3.05, 3.63) is 51.3 Å². The van der Waals surface area contributed by atoms with Crippen LogP contribution in [0.2, 0.25) is 0 Å². The second-order valence-electron chi connectivity index (χ2n) is 6.51. The average molecular weight is 299 g/mol. The summed E-state index contributed by atoms with van der Waals surface area (Å²) in [6.07, 6.45) is 0.855. The molecule has 0 aliphatic rings. The molecular formula is C18H25N3O. The summed E-state index contributed by atoms with van der Waals surface area (Å²) in [5, 5.41) is 4.56. The summed E-state index contributed by atoms with van der Waals surface area (Å²) in [6.45, 7) is 10.4. The maximum Gasteiger partial charge on any atom is 0.271 e. The highest BCUT2D eigenvalue weighted by molar-refractivity contribution is 5.64. The molecule has 0 radical (unpaired) electrons. The Bertz CT molecular complexity index is 739. The van der Waals surface area contributed by atoms with Crippen molar-refractivity contribution in [2.24, 2.45) is 5.73 Å². The molecule has 1 heterocycles. The van der Waals surface area contributed by atoms with Crippen LogP contribution in [0.3, 0.4) is 0 Å². The van der Waals surface area contributed by atoms with Crippen molar-refractivity contribution >= 4 is 0 Å². The standard InChI is InChI=1S/C18H25N3O/c1-6-9-21-17(22)15(18(4,5)19)11-16(20-21)14-10-12(2)7-8-13(14)3/h7-8,10-11H,6,9,19H2,1-5H3. The van der Waals surface area contributed by atoms with Gasteiger partial charge in [-0.05, 0) is 51.8 Å². The molecule has 22 heavy (non-hydrogen) atoms. The Morgan fingerprint density at radius 2 is 1.91 bits per heavy atom. The summed E-state index contributed by atoms with van der Waals surface area (Å²) in [7, 11) is 0. The van der Waals surface area contributed by atoms with E-state index >= 15 is 0 Å². The highest BCUT2D eigenvalue weighted by Gasteiger charge is 2.22. The Morgan fingerprint density at radius 1 is 1.23 bits per heavy atom. The van der Waals surface area contributed by atoms with Gasteiger partial charge in [-0.1, -0.05) is 24.6 Å². The van der Waals surface area contributed by atoms with E-state index in [0.717, 1.165) is 23.2 Å². The van der Waals surface area contributed by atoms with Gasteiger partial charge >= 0.3 is 0 Å². The van der Waals surface area contributed by atoms with Gasteiger partial charge in [0.2, 0.25) is 0 Å². The largest absolute Gasteiger partial charge is 0.322 e. The quantitative estimate of drug-likeness (QED) is 0.943. The lowest BCUT2D eigenvalue weighted by Gasteiger charge is -2.21. The van der Waals surface area contributed by atoms with Crippen LogP contribution in [0.25, 0.3) is 11.3 Å². The summed E-state index contributed by atoms with van der Waals surface area (Å²) in [5.74, 6) is 0. The molecule has 0 saturated carbocycles. The Labute approximate surface area is 132 Å². The molecule has 0 saturated heterocycles. The first-order chi connectivity index (χ1) is 10.2. The molecule has 0 bridgehead atoms. The van der Waals surface area contributed by atoms with Gasteiger partial charge in [0.15, 0.2) is 0 Å². The summed E-state index contributed by atoms with van der Waals surface area (Å²) in [4.78, 5) is 12.6. The molecule has 0 fully saturated rings. The van der Waals surface area contributed by atoms with Crippen LogP contribution >= 0.6 is 0 Å². The number of aromatic nitrogens is 2. The van der Waals surface area contributed by atoms with Crippen molar-refractivity contribution in [3.63, 3.8) is 0 Å². The second kappa shape index (κ2) is 6.05. The number of aryl methyl sites for hydroxylation is 3. The SMILES string of the molecule is CCCn1nc(-c2cc(C)ccc2C)cc(C(C)(C)N)c1=O. The summed E-state index contributed by atoms with van der Waals surface area (Å²) >= 11 is 0. The van der Waals surface area contributed by atoms with E-state index in [1.807, 2.05) is 26.8 Å². The molecule has 0 aliphatic heterocycles. The average Bonchev–Trinajstić information content (AvgIpc) is 2.43. The second-order valence-corrected chi connectivity index (χ2v) is 6.51. The van der Waals surface area contributed by atoms with E-state index in [9.17, 15) is 4.79 Å². The van der Waals surface area contributed by atoms with E-state index in [-0.39, 0.29) is 5.56 Å². The number of hydrogen-bond donors (Lipinski definition) is 1. The van der Waals surface area contributed by atoms with E-state index in [4.69, 9.17) is 5.73 Å². The van der Waals surface area contributed by atoms with Crippen LogP contribution in [-0.2, 0) is 12.1 Å². The van der Waals surface area contributed by atoms with Crippen LogP contribution in [0, 0.1) is 13.8 Å². The van der Waals surface area contributed by atoms with Gasteiger partial charge in [-0.25, -0.2) is 4.68 Å². The lowest BCUT2D eigenvalue weighted by molar-refractivity contribution is 0.507. The number of nitrogens with two attached hydrogens (primary N) is 1. The minimum absolute atomic E-state index is 0.0941. The van der Waals surface area contributed by atoms with Gasteiger partial charge in [0.1, 0.15) is 0 Å². The lowest BCUT2D eigenvalue weighted by atomic mass is 9.94. The van der Waals surface area contributed by atoms with Crippen LogP contribution in [0.4, 0.5) is 0 Å². The normalized spacial score (nSPS) is 11.7. The molecule has 0 amide bonds. The monoisotopic (exact) mass is 299 g/mol. The summed E-state index contributed by atoms with van der Waals surface area (Å²) in [6, 6.07) is 8.10. The molecule has 0 atom stereocenters. The maximum atomic E-state index is 12.6. The molecular weight excluding hydrogens is 274 g/mol. The van der Waals surface area contributed by atoms with Crippen LogP contribution in [0.15, 0.2) is 29.1 Å². The zero-order valence-electron chi connectivity index (χ0n) is 14.1. The summed E-state index contributed by atoms with van der Waals surface area (Å²) < 4.78 is 1.54. The van der Waals surface area contributed by atoms with Gasteiger partial charge in [-0.2, -0.15) is 5.10 Å². The van der Waals surface area contributed by atoms with Gasteiger partial charge in [-0.15, -0.1) is 0 Å². The van der Waals surface area contributed by atoms with E-state index < -0.39 is 5.54 Å². The third-order valence-corrected chi connectivity index (χ3v) is 3.77. The molecule has 4 heteroatoms. The Morgan fingerprint density at radius 3 is 2.50 bits per heavy atom. The van der Waals surface area contributed by atoms with E-state index in [1.54, 1.807) is 4.68 Å². The highest BCUT2D eigenvalue weighted by Crippen LogP contribution is 2.24. The minimum atomic E-state index is -0.692. The van der Waals surface area contributed by atoms with E-state index in [1.165, 1.54) is 5.56 Å². The van der Waals surface area contributed by atoms with Crippen molar-refractivity contribution in [2.75, 3.05) is 0 Å². The van der Waals surface area contributed by atoms with Crippen LogP contribution in [0.5, 0.6) is 0 Å². The fourth-order valence-corrected chi connectivity index (χ4v) is 2.51. The first-order valence-electron chi connectivity index (χ1n) is 7.73. The minimum Gasteiger partial charge on any atom is -0.322 e. The van der Waals surface area contributed by atoms with E-state index in [0.29, 0.717) is 12.1 Å². The van der Waals surface area contributed by atoms with Crippen molar-refractivity contribution < 1.29 is 0 Å².